The smallest absolute Gasteiger partial charge is 0.228 e. The first-order chi connectivity index (χ1) is 16.7. The van der Waals surface area contributed by atoms with Gasteiger partial charge in [0.15, 0.2) is 5.82 Å². The zero-order valence-corrected chi connectivity index (χ0v) is 23.6. The summed E-state index contributed by atoms with van der Waals surface area (Å²) in [4.78, 5) is 7.36. The maximum Gasteiger partial charge on any atom is 0.228 e. The van der Waals surface area contributed by atoms with Crippen LogP contribution >= 0.6 is 12.2 Å². The average Bonchev–Trinajstić information content (AvgIpc) is 3.47. The van der Waals surface area contributed by atoms with E-state index in [9.17, 15) is 0 Å². The fourth-order valence-electron chi connectivity index (χ4n) is 9.34. The Kier molecular flexibility index (Phi) is 7.25. The Bertz CT molecular complexity index is 922. The third-order valence-electron chi connectivity index (χ3n) is 11.2. The molecule has 0 aliphatic heterocycles. The SMILES string of the molecule is CC(C)CCC[C@@H](C)[C@H]1CC[C@H]2[C@@H]3CC=C4C[C@@H](OC(=S)c5ncc[nH]5)CC[C@]4(C)[C@H]3CC[C@]12C. The lowest BCUT2D eigenvalue weighted by atomic mass is 9.47. The molecule has 8 atom stereocenters. The average molecular weight is 497 g/mol. The number of H-pyrrole nitrogens is 1. The number of nitrogens with zero attached hydrogens (tertiary/aromatic N) is 1. The molecule has 0 saturated heterocycles. The van der Waals surface area contributed by atoms with Gasteiger partial charge in [0.25, 0.3) is 0 Å². The number of aromatic nitrogens is 2. The van der Waals surface area contributed by atoms with Gasteiger partial charge in [0.1, 0.15) is 6.10 Å². The highest BCUT2D eigenvalue weighted by atomic mass is 32.1. The number of nitrogens with one attached hydrogen (secondary N) is 1. The minimum absolute atomic E-state index is 0.194. The van der Waals surface area contributed by atoms with Crippen LogP contribution in [0.5, 0.6) is 0 Å². The van der Waals surface area contributed by atoms with Crippen molar-refractivity contribution in [3.05, 3.63) is 29.9 Å². The molecule has 0 unspecified atom stereocenters. The standard InChI is InChI=1S/C31H48N2OS/c1-20(2)7-6-8-21(3)25-11-12-26-24-10-9-22-19-23(34-29(35)28-32-17-18-33-28)13-15-30(22,4)27(24)14-16-31(25,26)5/h9,17-18,20-21,23-27H,6-8,10-16,19H2,1-5H3,(H,32,33)/t21-,23+,24+,25-,26+,27+,30+,31-/m1/s1. The third kappa shape index (κ3) is 4.66. The number of thiocarbonyl (C=S) groups is 1. The van der Waals surface area contributed by atoms with E-state index in [1.165, 1.54) is 57.8 Å². The molecule has 0 aromatic carbocycles. The first-order valence-electron chi connectivity index (χ1n) is 14.6. The molecule has 194 valence electrons. The number of ether oxygens (including phenoxy) is 1. The number of rotatable bonds is 7. The van der Waals surface area contributed by atoms with Gasteiger partial charge in [-0.3, -0.25) is 0 Å². The molecule has 0 bridgehead atoms. The van der Waals surface area contributed by atoms with Crippen molar-refractivity contribution in [2.45, 2.75) is 111 Å². The lowest BCUT2D eigenvalue weighted by molar-refractivity contribution is -0.0563. The van der Waals surface area contributed by atoms with Crippen LogP contribution in [0.2, 0.25) is 0 Å². The predicted molar refractivity (Wildman–Crippen MR) is 148 cm³/mol. The Balaban J connectivity index is 1.26. The summed E-state index contributed by atoms with van der Waals surface area (Å²) in [5.74, 6) is 6.02. The van der Waals surface area contributed by atoms with Gasteiger partial charge in [0.05, 0.1) is 0 Å². The largest absolute Gasteiger partial charge is 0.477 e. The summed E-state index contributed by atoms with van der Waals surface area (Å²) >= 11 is 5.52. The van der Waals surface area contributed by atoms with E-state index in [2.05, 4.69) is 50.7 Å². The molecule has 4 heteroatoms. The van der Waals surface area contributed by atoms with Gasteiger partial charge in [-0.05, 0) is 104 Å². The minimum Gasteiger partial charge on any atom is -0.477 e. The molecule has 0 radical (unpaired) electrons. The van der Waals surface area contributed by atoms with Crippen LogP contribution in [0.1, 0.15) is 111 Å². The zero-order valence-electron chi connectivity index (χ0n) is 22.8. The molecule has 1 aromatic rings. The second-order valence-corrected chi connectivity index (χ2v) is 13.9. The molecule has 3 nitrogen and oxygen atoms in total. The Morgan fingerprint density at radius 2 is 1.94 bits per heavy atom. The molecular weight excluding hydrogens is 448 g/mol. The molecule has 3 saturated carbocycles. The van der Waals surface area contributed by atoms with Crippen LogP contribution in [0.15, 0.2) is 24.0 Å². The van der Waals surface area contributed by atoms with Crippen LogP contribution in [-0.4, -0.2) is 21.1 Å². The monoisotopic (exact) mass is 496 g/mol. The Hall–Kier alpha value is -1.16. The lowest BCUT2D eigenvalue weighted by Crippen LogP contribution is -2.51. The molecule has 35 heavy (non-hydrogen) atoms. The van der Waals surface area contributed by atoms with E-state index in [0.29, 0.717) is 21.7 Å². The maximum atomic E-state index is 6.24. The molecule has 1 aromatic heterocycles. The van der Waals surface area contributed by atoms with Crippen LogP contribution in [0.4, 0.5) is 0 Å². The molecule has 3 fully saturated rings. The number of hydrogen-bond donors (Lipinski definition) is 1. The van der Waals surface area contributed by atoms with Gasteiger partial charge in [-0.25, -0.2) is 4.98 Å². The summed E-state index contributed by atoms with van der Waals surface area (Å²) in [7, 11) is 0. The van der Waals surface area contributed by atoms with Gasteiger partial charge >= 0.3 is 0 Å². The summed E-state index contributed by atoms with van der Waals surface area (Å²) in [6.07, 6.45) is 21.1. The number of allylic oxidation sites excluding steroid dienone is 1. The number of imidazole rings is 1. The number of aromatic amines is 1. The van der Waals surface area contributed by atoms with Crippen molar-refractivity contribution in [1.29, 1.82) is 0 Å². The number of fused-ring (bicyclic) bond motifs is 5. The fourth-order valence-corrected chi connectivity index (χ4v) is 9.58. The molecule has 1 N–H and O–H groups in total. The quantitative estimate of drug-likeness (QED) is 0.304. The Morgan fingerprint density at radius 3 is 2.69 bits per heavy atom. The second kappa shape index (κ2) is 9.95. The van der Waals surface area contributed by atoms with E-state index < -0.39 is 0 Å². The van der Waals surface area contributed by atoms with Crippen LogP contribution < -0.4 is 0 Å². The van der Waals surface area contributed by atoms with Gasteiger partial charge in [-0.1, -0.05) is 65.5 Å². The predicted octanol–water partition coefficient (Wildman–Crippen LogP) is 8.51. The van der Waals surface area contributed by atoms with E-state index in [4.69, 9.17) is 17.0 Å². The van der Waals surface area contributed by atoms with Crippen molar-refractivity contribution in [2.24, 2.45) is 46.3 Å². The minimum atomic E-state index is 0.194. The normalized spacial score (nSPS) is 39.4. The van der Waals surface area contributed by atoms with Crippen molar-refractivity contribution >= 4 is 17.3 Å². The molecule has 0 amide bonds. The van der Waals surface area contributed by atoms with E-state index in [1.54, 1.807) is 11.8 Å². The van der Waals surface area contributed by atoms with Crippen LogP contribution in [0.3, 0.4) is 0 Å². The molecule has 1 heterocycles. The first-order valence-corrected chi connectivity index (χ1v) is 15.0. The van der Waals surface area contributed by atoms with Crippen molar-refractivity contribution in [3.63, 3.8) is 0 Å². The second-order valence-electron chi connectivity index (χ2n) is 13.5. The van der Waals surface area contributed by atoms with Gasteiger partial charge in [-0.15, -0.1) is 0 Å². The van der Waals surface area contributed by atoms with E-state index in [0.717, 1.165) is 48.3 Å². The van der Waals surface area contributed by atoms with Crippen molar-refractivity contribution in [1.82, 2.24) is 9.97 Å². The Morgan fingerprint density at radius 1 is 1.11 bits per heavy atom. The van der Waals surface area contributed by atoms with Crippen LogP contribution in [0, 0.1) is 46.3 Å². The highest BCUT2D eigenvalue weighted by Gasteiger charge is 2.59. The summed E-state index contributed by atoms with van der Waals surface area (Å²) in [6.45, 7) is 12.6. The molecular formula is C31H48N2OS. The van der Waals surface area contributed by atoms with Gasteiger partial charge in [0, 0.05) is 18.8 Å². The van der Waals surface area contributed by atoms with E-state index >= 15 is 0 Å². The summed E-state index contributed by atoms with van der Waals surface area (Å²) in [5.41, 5.74) is 2.59. The fraction of sp³-hybridized carbons (Fsp3) is 0.806. The molecule has 4 aliphatic carbocycles. The lowest BCUT2D eigenvalue weighted by Gasteiger charge is -2.58. The van der Waals surface area contributed by atoms with Crippen LogP contribution in [0.25, 0.3) is 0 Å². The third-order valence-corrected chi connectivity index (χ3v) is 11.5. The number of hydrogen-bond acceptors (Lipinski definition) is 3. The zero-order chi connectivity index (χ0) is 24.8. The van der Waals surface area contributed by atoms with Gasteiger partial charge < -0.3 is 9.72 Å². The molecule has 4 aliphatic rings. The van der Waals surface area contributed by atoms with Gasteiger partial charge in [0.2, 0.25) is 5.05 Å². The Labute approximate surface area is 219 Å². The van der Waals surface area contributed by atoms with E-state index in [-0.39, 0.29) is 6.10 Å². The highest BCUT2D eigenvalue weighted by Crippen LogP contribution is 2.67. The van der Waals surface area contributed by atoms with Crippen molar-refractivity contribution < 1.29 is 4.74 Å². The van der Waals surface area contributed by atoms with Crippen LogP contribution in [-0.2, 0) is 4.74 Å². The van der Waals surface area contributed by atoms with E-state index in [1.807, 2.05) is 6.20 Å². The maximum absolute atomic E-state index is 6.24. The summed E-state index contributed by atoms with van der Waals surface area (Å²) in [6, 6.07) is 0. The topological polar surface area (TPSA) is 37.9 Å². The first kappa shape index (κ1) is 25.5. The summed E-state index contributed by atoms with van der Waals surface area (Å²) in [5, 5.41) is 0.519. The molecule has 5 rings (SSSR count). The van der Waals surface area contributed by atoms with Gasteiger partial charge in [-0.2, -0.15) is 0 Å². The summed E-state index contributed by atoms with van der Waals surface area (Å²) < 4.78 is 6.24. The molecule has 0 spiro atoms. The van der Waals surface area contributed by atoms with Crippen molar-refractivity contribution in [2.75, 3.05) is 0 Å². The van der Waals surface area contributed by atoms with Crippen molar-refractivity contribution in [3.8, 4) is 0 Å². The highest BCUT2D eigenvalue weighted by molar-refractivity contribution is 7.80.